The average molecular weight is 345 g/mol. The van der Waals surface area contributed by atoms with E-state index in [-0.39, 0.29) is 11.9 Å². The van der Waals surface area contributed by atoms with Gasteiger partial charge in [-0.25, -0.2) is 0 Å². The Bertz CT molecular complexity index is 895. The third-order valence-electron chi connectivity index (χ3n) is 3.90. The summed E-state index contributed by atoms with van der Waals surface area (Å²) in [4.78, 5) is 13.7. The number of H-pyrrole nitrogens is 1. The second kappa shape index (κ2) is 5.86. The number of aromatic nitrogens is 3. The minimum absolute atomic E-state index is 0.0227. The number of thioether (sulfide) groups is 1. The van der Waals surface area contributed by atoms with E-state index in [9.17, 15) is 4.79 Å². The van der Waals surface area contributed by atoms with Crippen LogP contribution in [0.15, 0.2) is 41.3 Å². The van der Waals surface area contributed by atoms with Crippen LogP contribution in [0.1, 0.15) is 28.4 Å². The number of nitrogens with one attached hydrogen (secondary N) is 2. The predicted molar refractivity (Wildman–Crippen MR) is 90.9 cm³/mol. The summed E-state index contributed by atoms with van der Waals surface area (Å²) in [6.45, 7) is 0. The smallest absolute Gasteiger partial charge is 0.251 e. The fraction of sp³-hybridized carbons (Fsp3) is 0.188. The molecule has 1 aliphatic rings. The highest BCUT2D eigenvalue weighted by atomic mass is 35.5. The van der Waals surface area contributed by atoms with Crippen LogP contribution in [0.4, 0.5) is 0 Å². The van der Waals surface area contributed by atoms with Gasteiger partial charge >= 0.3 is 0 Å². The van der Waals surface area contributed by atoms with Crippen molar-refractivity contribution >= 4 is 40.3 Å². The molecular weight excluding hydrogens is 332 g/mol. The second-order valence-corrected chi connectivity index (χ2v) is 6.95. The van der Waals surface area contributed by atoms with Crippen LogP contribution in [-0.2, 0) is 0 Å². The zero-order valence-electron chi connectivity index (χ0n) is 12.0. The summed E-state index contributed by atoms with van der Waals surface area (Å²) in [5.74, 6) is 0.861. The number of halogens is 1. The van der Waals surface area contributed by atoms with Crippen molar-refractivity contribution in [1.29, 1.82) is 0 Å². The van der Waals surface area contributed by atoms with Crippen molar-refractivity contribution in [3.05, 3.63) is 52.5 Å². The van der Waals surface area contributed by atoms with Gasteiger partial charge in [0, 0.05) is 21.2 Å². The van der Waals surface area contributed by atoms with Crippen molar-refractivity contribution in [2.45, 2.75) is 17.4 Å². The molecule has 4 rings (SSSR count). The molecule has 23 heavy (non-hydrogen) atoms. The molecule has 0 bridgehead atoms. The molecular formula is C16H13ClN4OS. The van der Waals surface area contributed by atoms with Crippen molar-refractivity contribution in [2.75, 3.05) is 5.75 Å². The van der Waals surface area contributed by atoms with Gasteiger partial charge in [-0.1, -0.05) is 11.6 Å². The van der Waals surface area contributed by atoms with Gasteiger partial charge in [0.25, 0.3) is 5.91 Å². The third-order valence-corrected chi connectivity index (χ3v) is 5.25. The zero-order chi connectivity index (χ0) is 15.8. The topological polar surface area (TPSA) is 70.7 Å². The van der Waals surface area contributed by atoms with Crippen LogP contribution in [0.25, 0.3) is 11.0 Å². The average Bonchev–Trinajstić information content (AvgIpc) is 3.03. The number of fused-ring (bicyclic) bond motifs is 2. The van der Waals surface area contributed by atoms with Gasteiger partial charge in [0.05, 0.1) is 6.04 Å². The van der Waals surface area contributed by atoms with Crippen molar-refractivity contribution in [3.8, 4) is 0 Å². The van der Waals surface area contributed by atoms with Crippen molar-refractivity contribution < 1.29 is 4.79 Å². The van der Waals surface area contributed by atoms with E-state index in [4.69, 9.17) is 11.6 Å². The van der Waals surface area contributed by atoms with Crippen LogP contribution in [0, 0.1) is 0 Å². The van der Waals surface area contributed by atoms with Gasteiger partial charge in [-0.05, 0) is 48.4 Å². The zero-order valence-corrected chi connectivity index (χ0v) is 13.6. The van der Waals surface area contributed by atoms with E-state index in [1.54, 1.807) is 30.0 Å². The van der Waals surface area contributed by atoms with Gasteiger partial charge in [-0.15, -0.1) is 11.8 Å². The Kier molecular flexibility index (Phi) is 3.71. The number of carbonyl (C=O) groups is 1. The molecule has 7 heteroatoms. The summed E-state index contributed by atoms with van der Waals surface area (Å²) < 4.78 is 0. The Morgan fingerprint density at radius 1 is 1.22 bits per heavy atom. The van der Waals surface area contributed by atoms with Gasteiger partial charge in [0.2, 0.25) is 0 Å². The summed E-state index contributed by atoms with van der Waals surface area (Å²) in [5, 5.41) is 14.4. The van der Waals surface area contributed by atoms with Crippen LogP contribution in [-0.4, -0.2) is 27.1 Å². The maximum atomic E-state index is 12.6. The molecule has 116 valence electrons. The Morgan fingerprint density at radius 3 is 3.00 bits per heavy atom. The lowest BCUT2D eigenvalue weighted by Gasteiger charge is -2.26. The van der Waals surface area contributed by atoms with E-state index in [2.05, 4.69) is 20.7 Å². The molecule has 1 aromatic heterocycles. The molecule has 0 radical (unpaired) electrons. The van der Waals surface area contributed by atoms with Gasteiger partial charge in [-0.2, -0.15) is 15.4 Å². The molecule has 0 saturated carbocycles. The highest BCUT2D eigenvalue weighted by molar-refractivity contribution is 7.99. The standard InChI is InChI=1S/C16H13ClN4OS/c17-10-2-4-15-11(8-10)12(5-6-23-15)18-16(22)9-1-3-13-14(7-9)20-21-19-13/h1-4,7-8,12H,5-6H2,(H,18,22)(H,19,20,21)/t12-/m0/s1. The summed E-state index contributed by atoms with van der Waals surface area (Å²) in [7, 11) is 0. The normalized spacial score (nSPS) is 17.0. The first kappa shape index (κ1) is 14.5. The quantitative estimate of drug-likeness (QED) is 0.745. The minimum Gasteiger partial charge on any atom is -0.345 e. The van der Waals surface area contributed by atoms with Crippen LogP contribution in [0.5, 0.6) is 0 Å². The molecule has 2 aromatic carbocycles. The lowest BCUT2D eigenvalue weighted by Crippen LogP contribution is -2.30. The van der Waals surface area contributed by atoms with E-state index in [0.717, 1.165) is 23.3 Å². The van der Waals surface area contributed by atoms with Gasteiger partial charge in [0.1, 0.15) is 11.0 Å². The summed E-state index contributed by atoms with van der Waals surface area (Å²) >= 11 is 7.90. The van der Waals surface area contributed by atoms with Crippen molar-refractivity contribution in [3.63, 3.8) is 0 Å². The summed E-state index contributed by atoms with van der Waals surface area (Å²) in [6, 6.07) is 11.1. The first-order valence-corrected chi connectivity index (χ1v) is 8.61. The van der Waals surface area contributed by atoms with E-state index >= 15 is 0 Å². The minimum atomic E-state index is -0.113. The molecule has 0 unspecified atom stereocenters. The number of rotatable bonds is 2. The van der Waals surface area contributed by atoms with Gasteiger partial charge in [0.15, 0.2) is 0 Å². The van der Waals surface area contributed by atoms with Crippen LogP contribution < -0.4 is 5.32 Å². The molecule has 1 aliphatic heterocycles. The van der Waals surface area contributed by atoms with Crippen molar-refractivity contribution in [1.82, 2.24) is 20.7 Å². The molecule has 5 nitrogen and oxygen atoms in total. The second-order valence-electron chi connectivity index (χ2n) is 5.37. The molecule has 0 fully saturated rings. The molecule has 0 spiro atoms. The lowest BCUT2D eigenvalue weighted by atomic mass is 10.0. The highest BCUT2D eigenvalue weighted by Crippen LogP contribution is 2.37. The van der Waals surface area contributed by atoms with Crippen LogP contribution in [0.2, 0.25) is 5.02 Å². The van der Waals surface area contributed by atoms with E-state index in [1.807, 2.05) is 18.2 Å². The van der Waals surface area contributed by atoms with Crippen molar-refractivity contribution in [2.24, 2.45) is 0 Å². The predicted octanol–water partition coefficient (Wildman–Crippen LogP) is 3.58. The Hall–Kier alpha value is -2.05. The van der Waals surface area contributed by atoms with E-state index < -0.39 is 0 Å². The Morgan fingerprint density at radius 2 is 2.09 bits per heavy atom. The summed E-state index contributed by atoms with van der Waals surface area (Å²) in [6.07, 6.45) is 0.885. The number of benzene rings is 2. The maximum Gasteiger partial charge on any atom is 0.251 e. The molecule has 0 saturated heterocycles. The first-order chi connectivity index (χ1) is 11.2. The Labute approximate surface area is 141 Å². The number of hydrogen-bond acceptors (Lipinski definition) is 4. The molecule has 2 N–H and O–H groups in total. The largest absolute Gasteiger partial charge is 0.345 e. The van der Waals surface area contributed by atoms with Crippen LogP contribution >= 0.6 is 23.4 Å². The number of carbonyl (C=O) groups excluding carboxylic acids is 1. The lowest BCUT2D eigenvalue weighted by molar-refractivity contribution is 0.0935. The van der Waals surface area contributed by atoms with E-state index in [1.165, 1.54) is 4.90 Å². The number of amides is 1. The van der Waals surface area contributed by atoms with Gasteiger partial charge in [-0.3, -0.25) is 4.79 Å². The number of nitrogens with zero attached hydrogens (tertiary/aromatic N) is 2. The Balaban J connectivity index is 1.61. The van der Waals surface area contributed by atoms with Gasteiger partial charge < -0.3 is 5.32 Å². The maximum absolute atomic E-state index is 12.6. The molecule has 1 atom stereocenters. The van der Waals surface area contributed by atoms with Crippen LogP contribution in [0.3, 0.4) is 0 Å². The summed E-state index contributed by atoms with van der Waals surface area (Å²) in [5.41, 5.74) is 3.09. The number of hydrogen-bond donors (Lipinski definition) is 2. The molecule has 3 aromatic rings. The molecule has 1 amide bonds. The SMILES string of the molecule is O=C(N[C@H]1CCSc2ccc(Cl)cc21)c1ccc2n[nH]nc2c1. The van der Waals surface area contributed by atoms with E-state index in [0.29, 0.717) is 16.1 Å². The molecule has 0 aliphatic carbocycles. The number of aromatic amines is 1. The first-order valence-electron chi connectivity index (χ1n) is 7.24. The third kappa shape index (κ3) is 2.80. The molecule has 2 heterocycles. The monoisotopic (exact) mass is 344 g/mol. The fourth-order valence-corrected chi connectivity index (χ4v) is 4.02. The highest BCUT2D eigenvalue weighted by Gasteiger charge is 2.23. The fourth-order valence-electron chi connectivity index (χ4n) is 2.74.